The van der Waals surface area contributed by atoms with E-state index in [0.29, 0.717) is 27.9 Å². The fourth-order valence-corrected chi connectivity index (χ4v) is 5.91. The van der Waals surface area contributed by atoms with Gasteiger partial charge in [-0.1, -0.05) is 66.7 Å². The smallest absolute Gasteiger partial charge is 0.263 e. The van der Waals surface area contributed by atoms with Crippen LogP contribution in [0.1, 0.15) is 21.2 Å². The van der Waals surface area contributed by atoms with Crippen LogP contribution in [0.2, 0.25) is 0 Å². The summed E-state index contributed by atoms with van der Waals surface area (Å²) in [6, 6.07) is 32.0. The Morgan fingerprint density at radius 1 is 0.780 bits per heavy atom. The molecule has 1 aromatic heterocycles. The molecule has 0 radical (unpaired) electrons. The first kappa shape index (κ1) is 27.9. The molecule has 0 saturated carbocycles. The van der Waals surface area contributed by atoms with Crippen LogP contribution in [0.4, 0.5) is 10.8 Å². The minimum atomic E-state index is -0.515. The summed E-state index contributed by atoms with van der Waals surface area (Å²) in [7, 11) is 3.02. The maximum Gasteiger partial charge on any atom is 0.263 e. The van der Waals surface area contributed by atoms with E-state index in [2.05, 4.69) is 15.6 Å². The third kappa shape index (κ3) is 6.77. The number of methoxy groups -OCH3 is 2. The van der Waals surface area contributed by atoms with Crippen LogP contribution in [0.15, 0.2) is 113 Å². The van der Waals surface area contributed by atoms with E-state index in [4.69, 9.17) is 9.47 Å². The van der Waals surface area contributed by atoms with Crippen molar-refractivity contribution in [2.75, 3.05) is 24.9 Å². The molecular formula is C32H27N3O4S2. The SMILES string of the molecule is COc1cccc(OC)c1C(=O)Nc1ccc(SC(C(=O)Nc2nc(-c3ccccc3)cs2)c2ccccc2)cc1. The molecule has 7 nitrogen and oxygen atoms in total. The van der Waals surface area contributed by atoms with Gasteiger partial charge in [0.1, 0.15) is 22.3 Å². The average Bonchev–Trinajstić information content (AvgIpc) is 3.49. The second-order valence-corrected chi connectivity index (χ2v) is 10.9. The molecule has 41 heavy (non-hydrogen) atoms. The predicted molar refractivity (Wildman–Crippen MR) is 165 cm³/mol. The van der Waals surface area contributed by atoms with Crippen molar-refractivity contribution in [2.45, 2.75) is 10.1 Å². The van der Waals surface area contributed by atoms with E-state index < -0.39 is 5.25 Å². The van der Waals surface area contributed by atoms with Gasteiger partial charge in [0.15, 0.2) is 5.13 Å². The first-order valence-corrected chi connectivity index (χ1v) is 14.5. The molecule has 1 atom stereocenters. The lowest BCUT2D eigenvalue weighted by molar-refractivity contribution is -0.115. The van der Waals surface area contributed by atoms with E-state index in [1.54, 1.807) is 30.3 Å². The zero-order valence-electron chi connectivity index (χ0n) is 22.4. The number of thiazole rings is 1. The number of carbonyl (C=O) groups is 2. The van der Waals surface area contributed by atoms with Gasteiger partial charge in [-0.05, 0) is 42.0 Å². The van der Waals surface area contributed by atoms with E-state index in [1.165, 1.54) is 37.3 Å². The third-order valence-electron chi connectivity index (χ3n) is 6.17. The first-order valence-electron chi connectivity index (χ1n) is 12.7. The van der Waals surface area contributed by atoms with Crippen molar-refractivity contribution < 1.29 is 19.1 Å². The van der Waals surface area contributed by atoms with Gasteiger partial charge in [-0.25, -0.2) is 4.98 Å². The monoisotopic (exact) mass is 581 g/mol. The molecule has 1 heterocycles. The van der Waals surface area contributed by atoms with Crippen molar-refractivity contribution in [3.63, 3.8) is 0 Å². The van der Waals surface area contributed by atoms with Crippen molar-refractivity contribution >= 4 is 45.7 Å². The Bertz CT molecular complexity index is 1600. The Hall–Kier alpha value is -4.60. The fraction of sp³-hybridized carbons (Fsp3) is 0.0938. The van der Waals surface area contributed by atoms with Gasteiger partial charge < -0.3 is 20.1 Å². The largest absolute Gasteiger partial charge is 0.496 e. The number of rotatable bonds is 10. The molecule has 5 aromatic rings. The molecule has 0 aliphatic heterocycles. The van der Waals surface area contributed by atoms with Gasteiger partial charge in [-0.3, -0.25) is 9.59 Å². The summed E-state index contributed by atoms with van der Waals surface area (Å²) in [5.74, 6) is 0.319. The number of hydrogen-bond acceptors (Lipinski definition) is 7. The fourth-order valence-electron chi connectivity index (χ4n) is 4.17. The second kappa shape index (κ2) is 13.2. The summed E-state index contributed by atoms with van der Waals surface area (Å²) in [5, 5.41) is 7.85. The predicted octanol–water partition coefficient (Wildman–Crippen LogP) is 7.55. The van der Waals surface area contributed by atoms with Gasteiger partial charge in [0, 0.05) is 21.5 Å². The van der Waals surface area contributed by atoms with Crippen molar-refractivity contribution in [1.29, 1.82) is 0 Å². The second-order valence-electron chi connectivity index (χ2n) is 8.82. The summed E-state index contributed by atoms with van der Waals surface area (Å²) >= 11 is 2.81. The van der Waals surface area contributed by atoms with Gasteiger partial charge in [-0.2, -0.15) is 0 Å². The highest BCUT2D eigenvalue weighted by atomic mass is 32.2. The molecule has 2 amide bonds. The number of amides is 2. The lowest BCUT2D eigenvalue weighted by Gasteiger charge is -2.17. The molecule has 5 rings (SSSR count). The Labute approximate surface area is 246 Å². The average molecular weight is 582 g/mol. The molecule has 0 fully saturated rings. The number of carbonyl (C=O) groups excluding carboxylic acids is 2. The summed E-state index contributed by atoms with van der Waals surface area (Å²) < 4.78 is 10.7. The number of ether oxygens (including phenoxy) is 2. The molecule has 9 heteroatoms. The molecule has 0 spiro atoms. The zero-order valence-corrected chi connectivity index (χ0v) is 24.0. The van der Waals surface area contributed by atoms with Crippen molar-refractivity contribution in [3.8, 4) is 22.8 Å². The molecule has 0 aliphatic carbocycles. The maximum atomic E-state index is 13.5. The Morgan fingerprint density at radius 2 is 1.41 bits per heavy atom. The first-order chi connectivity index (χ1) is 20.1. The molecule has 0 saturated heterocycles. The summed E-state index contributed by atoms with van der Waals surface area (Å²) in [5.41, 5.74) is 3.60. The highest BCUT2D eigenvalue weighted by Gasteiger charge is 2.24. The quantitative estimate of drug-likeness (QED) is 0.166. The molecule has 2 N–H and O–H groups in total. The number of aromatic nitrogens is 1. The summed E-state index contributed by atoms with van der Waals surface area (Å²) in [6.45, 7) is 0. The number of nitrogens with one attached hydrogen (secondary N) is 2. The van der Waals surface area contributed by atoms with Gasteiger partial charge in [0.05, 0.1) is 19.9 Å². The normalized spacial score (nSPS) is 11.4. The zero-order chi connectivity index (χ0) is 28.6. The lowest BCUT2D eigenvalue weighted by Crippen LogP contribution is -2.19. The number of thioether (sulfide) groups is 1. The Morgan fingerprint density at radius 3 is 2.05 bits per heavy atom. The number of nitrogens with zero attached hydrogens (tertiary/aromatic N) is 1. The standard InChI is InChI=1S/C32H27N3O4S2/c1-38-26-14-9-15-27(39-2)28(26)30(36)33-23-16-18-24(19-17-23)41-29(22-12-7-4-8-13-22)31(37)35-32-34-25(20-40-32)21-10-5-3-6-11-21/h3-20,29H,1-2H3,(H,33,36)(H,34,35,37). The number of anilines is 2. The van der Waals surface area contributed by atoms with Gasteiger partial charge in [0.25, 0.3) is 5.91 Å². The minimum absolute atomic E-state index is 0.171. The van der Waals surface area contributed by atoms with E-state index in [0.717, 1.165) is 21.7 Å². The van der Waals surface area contributed by atoms with Crippen molar-refractivity contribution in [1.82, 2.24) is 4.98 Å². The highest BCUT2D eigenvalue weighted by Crippen LogP contribution is 2.37. The van der Waals surface area contributed by atoms with E-state index in [1.807, 2.05) is 78.2 Å². The summed E-state index contributed by atoms with van der Waals surface area (Å²) in [6.07, 6.45) is 0. The molecule has 4 aromatic carbocycles. The molecule has 1 unspecified atom stereocenters. The van der Waals surface area contributed by atoms with Crippen molar-refractivity contribution in [2.24, 2.45) is 0 Å². The number of hydrogen-bond donors (Lipinski definition) is 2. The summed E-state index contributed by atoms with van der Waals surface area (Å²) in [4.78, 5) is 32.0. The minimum Gasteiger partial charge on any atom is -0.496 e. The van der Waals surface area contributed by atoms with Crippen LogP contribution in [-0.2, 0) is 4.79 Å². The topological polar surface area (TPSA) is 89.5 Å². The molecular weight excluding hydrogens is 555 g/mol. The van der Waals surface area contributed by atoms with Crippen LogP contribution < -0.4 is 20.1 Å². The van der Waals surface area contributed by atoms with E-state index in [9.17, 15) is 9.59 Å². The molecule has 206 valence electrons. The maximum absolute atomic E-state index is 13.5. The van der Waals surface area contributed by atoms with Gasteiger partial charge >= 0.3 is 0 Å². The van der Waals surface area contributed by atoms with Crippen LogP contribution in [0.5, 0.6) is 11.5 Å². The van der Waals surface area contributed by atoms with Crippen LogP contribution >= 0.6 is 23.1 Å². The number of benzene rings is 4. The van der Waals surface area contributed by atoms with E-state index >= 15 is 0 Å². The Balaban J connectivity index is 1.31. The van der Waals surface area contributed by atoms with Gasteiger partial charge in [0.2, 0.25) is 5.91 Å². The van der Waals surface area contributed by atoms with Crippen molar-refractivity contribution in [3.05, 3.63) is 120 Å². The van der Waals surface area contributed by atoms with Crippen LogP contribution in [0, 0.1) is 0 Å². The van der Waals surface area contributed by atoms with Crippen LogP contribution in [0.3, 0.4) is 0 Å². The van der Waals surface area contributed by atoms with Gasteiger partial charge in [-0.15, -0.1) is 23.1 Å². The third-order valence-corrected chi connectivity index (χ3v) is 8.19. The lowest BCUT2D eigenvalue weighted by atomic mass is 10.1. The van der Waals surface area contributed by atoms with Crippen LogP contribution in [-0.4, -0.2) is 31.0 Å². The van der Waals surface area contributed by atoms with Crippen LogP contribution in [0.25, 0.3) is 11.3 Å². The van der Waals surface area contributed by atoms with E-state index in [-0.39, 0.29) is 11.8 Å². The Kier molecular flexibility index (Phi) is 8.98. The molecule has 0 aliphatic rings. The molecule has 0 bridgehead atoms. The highest BCUT2D eigenvalue weighted by molar-refractivity contribution is 8.00.